The monoisotopic (exact) mass is 303 g/mol. The number of carbonyl (C=O) groups excluding carboxylic acids is 1. The largest absolute Gasteiger partial charge is 0.328 e. The Balaban J connectivity index is 1.88. The van der Waals surface area contributed by atoms with Crippen LogP contribution in [0.15, 0.2) is 79.0 Å². The maximum absolute atomic E-state index is 12.4. The molecular weight excluding hydrogens is 286 g/mol. The van der Waals surface area contributed by atoms with Crippen LogP contribution >= 0.6 is 0 Å². The summed E-state index contributed by atoms with van der Waals surface area (Å²) in [7, 11) is 1.93. The van der Waals surface area contributed by atoms with E-state index in [4.69, 9.17) is 0 Å². The molecule has 0 spiro atoms. The smallest absolute Gasteiger partial charge is 0.255 e. The van der Waals surface area contributed by atoms with Gasteiger partial charge in [-0.05, 0) is 36.4 Å². The van der Waals surface area contributed by atoms with Crippen molar-refractivity contribution in [2.24, 2.45) is 0 Å². The van der Waals surface area contributed by atoms with Gasteiger partial charge in [-0.15, -0.1) is 0 Å². The second-order valence-corrected chi connectivity index (χ2v) is 5.09. The zero-order chi connectivity index (χ0) is 16.1. The second kappa shape index (κ2) is 6.75. The van der Waals surface area contributed by atoms with Gasteiger partial charge in [-0.2, -0.15) is 0 Å². The number of rotatable bonds is 4. The first-order chi connectivity index (χ1) is 11.3. The molecule has 0 unspecified atom stereocenters. The molecular formula is C19H17N3O. The molecule has 3 aromatic rings. The van der Waals surface area contributed by atoms with Crippen LogP contribution in [-0.4, -0.2) is 17.9 Å². The van der Waals surface area contributed by atoms with Crippen molar-refractivity contribution in [2.75, 3.05) is 17.3 Å². The zero-order valence-electron chi connectivity index (χ0n) is 12.8. The van der Waals surface area contributed by atoms with E-state index in [0.29, 0.717) is 17.1 Å². The minimum absolute atomic E-state index is 0.152. The third-order valence-electron chi connectivity index (χ3n) is 3.53. The van der Waals surface area contributed by atoms with E-state index in [2.05, 4.69) is 10.3 Å². The average Bonchev–Trinajstić information content (AvgIpc) is 2.63. The number of pyridine rings is 1. The number of aromatic nitrogens is 1. The van der Waals surface area contributed by atoms with Crippen LogP contribution in [-0.2, 0) is 0 Å². The Morgan fingerprint density at radius 3 is 2.26 bits per heavy atom. The van der Waals surface area contributed by atoms with Crippen molar-refractivity contribution in [3.05, 3.63) is 84.6 Å². The molecule has 0 saturated heterocycles. The van der Waals surface area contributed by atoms with Crippen molar-refractivity contribution in [2.45, 2.75) is 0 Å². The Morgan fingerprint density at radius 1 is 0.913 bits per heavy atom. The van der Waals surface area contributed by atoms with Gasteiger partial charge >= 0.3 is 0 Å². The normalized spacial score (nSPS) is 10.1. The quantitative estimate of drug-likeness (QED) is 0.789. The van der Waals surface area contributed by atoms with Crippen LogP contribution in [0.5, 0.6) is 0 Å². The molecule has 0 aliphatic heterocycles. The fourth-order valence-corrected chi connectivity index (χ4v) is 2.32. The number of hydrogen-bond donors (Lipinski definition) is 1. The van der Waals surface area contributed by atoms with Crippen molar-refractivity contribution in [1.29, 1.82) is 0 Å². The van der Waals surface area contributed by atoms with Gasteiger partial charge in [0.2, 0.25) is 0 Å². The summed E-state index contributed by atoms with van der Waals surface area (Å²) in [4.78, 5) is 18.7. The third kappa shape index (κ3) is 3.37. The van der Waals surface area contributed by atoms with Gasteiger partial charge in [0, 0.05) is 24.5 Å². The highest BCUT2D eigenvalue weighted by Crippen LogP contribution is 2.28. The van der Waals surface area contributed by atoms with E-state index in [1.165, 1.54) is 0 Å². The van der Waals surface area contributed by atoms with Crippen molar-refractivity contribution >= 4 is 23.1 Å². The summed E-state index contributed by atoms with van der Waals surface area (Å²) in [6.45, 7) is 0. The van der Waals surface area contributed by atoms with E-state index >= 15 is 0 Å². The van der Waals surface area contributed by atoms with Crippen molar-refractivity contribution in [3.8, 4) is 0 Å². The number of amides is 1. The fourth-order valence-electron chi connectivity index (χ4n) is 2.32. The molecule has 0 bridgehead atoms. The second-order valence-electron chi connectivity index (χ2n) is 5.09. The van der Waals surface area contributed by atoms with Gasteiger partial charge in [0.15, 0.2) is 5.82 Å². The molecule has 0 saturated carbocycles. The summed E-state index contributed by atoms with van der Waals surface area (Å²) >= 11 is 0. The van der Waals surface area contributed by atoms with Crippen LogP contribution in [0, 0.1) is 0 Å². The summed E-state index contributed by atoms with van der Waals surface area (Å²) in [5.41, 5.74) is 2.29. The van der Waals surface area contributed by atoms with E-state index in [-0.39, 0.29) is 5.91 Å². The molecule has 1 heterocycles. The minimum atomic E-state index is -0.152. The minimum Gasteiger partial charge on any atom is -0.328 e. The lowest BCUT2D eigenvalue weighted by Crippen LogP contribution is -2.17. The lowest BCUT2D eigenvalue weighted by Gasteiger charge is -2.21. The van der Waals surface area contributed by atoms with E-state index in [1.54, 1.807) is 18.3 Å². The Labute approximate surface area is 135 Å². The molecule has 0 atom stereocenters. The highest BCUT2D eigenvalue weighted by molar-refractivity contribution is 6.05. The van der Waals surface area contributed by atoms with Gasteiger partial charge in [-0.25, -0.2) is 4.98 Å². The van der Waals surface area contributed by atoms with Crippen LogP contribution in [0.25, 0.3) is 0 Å². The molecule has 3 rings (SSSR count). The molecule has 4 heteroatoms. The van der Waals surface area contributed by atoms with E-state index in [1.807, 2.05) is 72.6 Å². The number of benzene rings is 2. The van der Waals surface area contributed by atoms with Crippen LogP contribution in [0.1, 0.15) is 10.4 Å². The maximum atomic E-state index is 12.4. The fraction of sp³-hybridized carbons (Fsp3) is 0.0526. The van der Waals surface area contributed by atoms with Crippen LogP contribution < -0.4 is 10.2 Å². The number of nitrogens with one attached hydrogen (secondary N) is 1. The van der Waals surface area contributed by atoms with E-state index < -0.39 is 0 Å². The van der Waals surface area contributed by atoms with Gasteiger partial charge in [0.05, 0.1) is 5.69 Å². The Morgan fingerprint density at radius 2 is 1.57 bits per heavy atom. The first kappa shape index (κ1) is 14.8. The molecule has 1 amide bonds. The molecule has 1 aromatic heterocycles. The van der Waals surface area contributed by atoms with Gasteiger partial charge in [0.25, 0.3) is 5.91 Å². The van der Waals surface area contributed by atoms with Crippen LogP contribution in [0.4, 0.5) is 17.2 Å². The van der Waals surface area contributed by atoms with Crippen LogP contribution in [0.2, 0.25) is 0 Å². The summed E-state index contributed by atoms with van der Waals surface area (Å²) in [5.74, 6) is 0.546. The Bertz CT molecular complexity index is 788. The maximum Gasteiger partial charge on any atom is 0.255 e. The zero-order valence-corrected chi connectivity index (χ0v) is 12.8. The molecule has 0 aliphatic carbocycles. The van der Waals surface area contributed by atoms with E-state index in [9.17, 15) is 4.79 Å². The predicted octanol–water partition coefficient (Wildman–Crippen LogP) is 4.10. The number of carbonyl (C=O) groups is 1. The Hall–Kier alpha value is -3.14. The molecule has 23 heavy (non-hydrogen) atoms. The third-order valence-corrected chi connectivity index (χ3v) is 3.53. The SMILES string of the molecule is CN(c1ccccc1)c1ncccc1NC(=O)c1ccccc1. The lowest BCUT2D eigenvalue weighted by molar-refractivity contribution is 0.102. The molecule has 1 N–H and O–H groups in total. The molecule has 0 radical (unpaired) electrons. The van der Waals surface area contributed by atoms with Crippen molar-refractivity contribution in [1.82, 2.24) is 4.98 Å². The number of para-hydroxylation sites is 1. The topological polar surface area (TPSA) is 45.2 Å². The lowest BCUT2D eigenvalue weighted by atomic mass is 10.2. The predicted molar refractivity (Wildman–Crippen MR) is 93.1 cm³/mol. The highest BCUT2D eigenvalue weighted by atomic mass is 16.1. The van der Waals surface area contributed by atoms with Crippen LogP contribution in [0.3, 0.4) is 0 Å². The number of anilines is 3. The highest BCUT2D eigenvalue weighted by Gasteiger charge is 2.13. The first-order valence-electron chi connectivity index (χ1n) is 7.36. The van der Waals surface area contributed by atoms with Gasteiger partial charge in [-0.1, -0.05) is 36.4 Å². The molecule has 0 aliphatic rings. The molecule has 4 nitrogen and oxygen atoms in total. The summed E-state index contributed by atoms with van der Waals surface area (Å²) in [6.07, 6.45) is 1.72. The summed E-state index contributed by atoms with van der Waals surface area (Å²) < 4.78 is 0. The van der Waals surface area contributed by atoms with E-state index in [0.717, 1.165) is 5.69 Å². The number of hydrogen-bond acceptors (Lipinski definition) is 3. The number of nitrogens with zero attached hydrogens (tertiary/aromatic N) is 2. The average molecular weight is 303 g/mol. The molecule has 114 valence electrons. The molecule has 2 aromatic carbocycles. The van der Waals surface area contributed by atoms with Gasteiger partial charge < -0.3 is 10.2 Å². The van der Waals surface area contributed by atoms with Crippen molar-refractivity contribution < 1.29 is 4.79 Å². The van der Waals surface area contributed by atoms with Gasteiger partial charge in [0.1, 0.15) is 0 Å². The van der Waals surface area contributed by atoms with Gasteiger partial charge in [-0.3, -0.25) is 4.79 Å². The van der Waals surface area contributed by atoms with Crippen molar-refractivity contribution in [3.63, 3.8) is 0 Å². The molecule has 0 fully saturated rings. The summed E-state index contributed by atoms with van der Waals surface area (Å²) in [6, 6.07) is 22.7. The Kier molecular flexibility index (Phi) is 4.34. The first-order valence-corrected chi connectivity index (χ1v) is 7.36. The standard InChI is InChI=1S/C19H17N3O/c1-22(16-11-6-3-7-12-16)18-17(13-8-14-20-18)21-19(23)15-9-4-2-5-10-15/h2-14H,1H3,(H,21,23). The summed E-state index contributed by atoms with van der Waals surface area (Å²) in [5, 5.41) is 2.93.